The van der Waals surface area contributed by atoms with Gasteiger partial charge in [-0.15, -0.1) is 22.7 Å². The molecule has 1 saturated heterocycles. The third kappa shape index (κ3) is 1.83. The van der Waals surface area contributed by atoms with E-state index >= 15 is 0 Å². The molecule has 15 heavy (non-hydrogen) atoms. The summed E-state index contributed by atoms with van der Waals surface area (Å²) >= 11 is 3.71. The van der Waals surface area contributed by atoms with E-state index in [2.05, 4.69) is 22.4 Å². The molecule has 0 radical (unpaired) electrons. The van der Waals surface area contributed by atoms with Crippen molar-refractivity contribution in [3.05, 3.63) is 22.4 Å². The Labute approximate surface area is 96.8 Å². The zero-order valence-corrected chi connectivity index (χ0v) is 9.98. The van der Waals surface area contributed by atoms with Crippen LogP contribution in [0.1, 0.15) is 4.88 Å². The quantitative estimate of drug-likeness (QED) is 0.889. The minimum absolute atomic E-state index is 0.343. The first-order chi connectivity index (χ1) is 7.35. The van der Waals surface area contributed by atoms with E-state index in [1.54, 1.807) is 0 Å². The summed E-state index contributed by atoms with van der Waals surface area (Å²) in [5.41, 5.74) is 0. The van der Waals surface area contributed by atoms with Crippen LogP contribution in [0.5, 0.6) is 0 Å². The van der Waals surface area contributed by atoms with Crippen LogP contribution in [-0.2, 0) is 6.54 Å². The number of rotatable bonds is 3. The number of likely N-dealkylation sites (tertiary alicyclic amines) is 1. The molecular weight excluding hydrogens is 226 g/mol. The lowest BCUT2D eigenvalue weighted by Crippen LogP contribution is -2.47. The van der Waals surface area contributed by atoms with Crippen LogP contribution in [0.15, 0.2) is 17.5 Å². The van der Waals surface area contributed by atoms with E-state index in [9.17, 15) is 0 Å². The first-order valence-electron chi connectivity index (χ1n) is 5.14. The van der Waals surface area contributed by atoms with Crippen LogP contribution in [-0.4, -0.2) is 29.7 Å². The Kier molecular flexibility index (Phi) is 2.52. The Morgan fingerprint density at radius 1 is 1.40 bits per heavy atom. The van der Waals surface area contributed by atoms with E-state index < -0.39 is 0 Å². The standard InChI is InChI=1S/C11H13NOS2/c13-7-8-4-12(5-8)6-9-3-11-10(15-9)1-2-14-11/h1-3,8,13H,4-7H2. The van der Waals surface area contributed by atoms with E-state index in [-0.39, 0.29) is 0 Å². The second-order valence-electron chi connectivity index (χ2n) is 4.10. The lowest BCUT2D eigenvalue weighted by Gasteiger charge is -2.37. The van der Waals surface area contributed by atoms with Gasteiger partial charge in [0.1, 0.15) is 0 Å². The molecule has 0 spiro atoms. The maximum Gasteiger partial charge on any atom is 0.0483 e. The molecule has 0 amide bonds. The number of thiophene rings is 2. The van der Waals surface area contributed by atoms with Crippen molar-refractivity contribution in [2.75, 3.05) is 19.7 Å². The molecule has 1 aliphatic rings. The van der Waals surface area contributed by atoms with Crippen molar-refractivity contribution in [1.29, 1.82) is 0 Å². The lowest BCUT2D eigenvalue weighted by molar-refractivity contribution is 0.0487. The third-order valence-electron chi connectivity index (χ3n) is 2.86. The summed E-state index contributed by atoms with van der Waals surface area (Å²) < 4.78 is 2.82. The molecule has 0 saturated carbocycles. The van der Waals surface area contributed by atoms with Crippen LogP contribution in [0.3, 0.4) is 0 Å². The highest BCUT2D eigenvalue weighted by Crippen LogP contribution is 2.31. The Hall–Kier alpha value is -0.420. The third-order valence-corrected chi connectivity index (χ3v) is 4.94. The van der Waals surface area contributed by atoms with Gasteiger partial charge in [0.2, 0.25) is 0 Å². The molecule has 1 N–H and O–H groups in total. The molecule has 0 aliphatic carbocycles. The smallest absolute Gasteiger partial charge is 0.0483 e. The minimum atomic E-state index is 0.343. The molecule has 2 aromatic heterocycles. The second kappa shape index (κ2) is 3.87. The van der Waals surface area contributed by atoms with Crippen molar-refractivity contribution in [3.63, 3.8) is 0 Å². The first kappa shape index (κ1) is 9.78. The van der Waals surface area contributed by atoms with Crippen LogP contribution in [0, 0.1) is 5.92 Å². The molecule has 3 rings (SSSR count). The highest BCUT2D eigenvalue weighted by Gasteiger charge is 2.25. The van der Waals surface area contributed by atoms with Crippen molar-refractivity contribution in [1.82, 2.24) is 4.90 Å². The highest BCUT2D eigenvalue weighted by atomic mass is 32.1. The first-order valence-corrected chi connectivity index (χ1v) is 6.84. The zero-order chi connectivity index (χ0) is 10.3. The van der Waals surface area contributed by atoms with Gasteiger partial charge < -0.3 is 5.11 Å². The summed E-state index contributed by atoms with van der Waals surface area (Å²) in [6.45, 7) is 3.52. The van der Waals surface area contributed by atoms with Gasteiger partial charge in [-0.05, 0) is 17.5 Å². The predicted octanol–water partition coefficient (Wildman–Crippen LogP) is 2.39. The summed E-state index contributed by atoms with van der Waals surface area (Å²) in [5, 5.41) is 11.1. The Morgan fingerprint density at radius 3 is 3.00 bits per heavy atom. The number of hydrogen-bond acceptors (Lipinski definition) is 4. The average Bonchev–Trinajstić information content (AvgIpc) is 2.69. The van der Waals surface area contributed by atoms with E-state index in [0.717, 1.165) is 19.6 Å². The minimum Gasteiger partial charge on any atom is -0.396 e. The summed E-state index contributed by atoms with van der Waals surface area (Å²) in [6, 6.07) is 4.50. The number of hydrogen-bond donors (Lipinski definition) is 1. The van der Waals surface area contributed by atoms with Gasteiger partial charge in [0, 0.05) is 46.4 Å². The lowest BCUT2D eigenvalue weighted by atomic mass is 10.0. The molecule has 0 aromatic carbocycles. The fourth-order valence-electron chi connectivity index (χ4n) is 2.04. The summed E-state index contributed by atoms with van der Waals surface area (Å²) in [4.78, 5) is 3.85. The van der Waals surface area contributed by atoms with Gasteiger partial charge in [-0.3, -0.25) is 4.90 Å². The fourth-order valence-corrected chi connectivity index (χ4v) is 4.21. The molecule has 80 valence electrons. The molecule has 2 aromatic rings. The number of fused-ring (bicyclic) bond motifs is 1. The van der Waals surface area contributed by atoms with Crippen LogP contribution in [0.4, 0.5) is 0 Å². The number of aliphatic hydroxyl groups excluding tert-OH is 1. The van der Waals surface area contributed by atoms with Crippen LogP contribution >= 0.6 is 22.7 Å². The van der Waals surface area contributed by atoms with Crippen molar-refractivity contribution in [2.24, 2.45) is 5.92 Å². The Bertz CT molecular complexity index is 427. The molecule has 4 heteroatoms. The van der Waals surface area contributed by atoms with Gasteiger partial charge >= 0.3 is 0 Å². The number of aliphatic hydroxyl groups is 1. The van der Waals surface area contributed by atoms with Crippen LogP contribution in [0.2, 0.25) is 0 Å². The van der Waals surface area contributed by atoms with E-state index in [1.165, 1.54) is 14.3 Å². The van der Waals surface area contributed by atoms with Crippen LogP contribution in [0.25, 0.3) is 9.40 Å². The molecule has 1 fully saturated rings. The molecule has 2 nitrogen and oxygen atoms in total. The summed E-state index contributed by atoms with van der Waals surface area (Å²) in [5.74, 6) is 0.520. The van der Waals surface area contributed by atoms with Gasteiger partial charge in [0.25, 0.3) is 0 Å². The maximum atomic E-state index is 8.93. The maximum absolute atomic E-state index is 8.93. The predicted molar refractivity (Wildman–Crippen MR) is 65.6 cm³/mol. The Morgan fingerprint density at radius 2 is 2.27 bits per heavy atom. The van der Waals surface area contributed by atoms with Gasteiger partial charge in [-0.25, -0.2) is 0 Å². The summed E-state index contributed by atoms with van der Waals surface area (Å²) in [6.07, 6.45) is 0. The van der Waals surface area contributed by atoms with Gasteiger partial charge in [0.05, 0.1) is 0 Å². The topological polar surface area (TPSA) is 23.5 Å². The zero-order valence-electron chi connectivity index (χ0n) is 8.35. The van der Waals surface area contributed by atoms with Gasteiger partial charge in [-0.2, -0.15) is 0 Å². The second-order valence-corrected chi connectivity index (χ2v) is 6.22. The van der Waals surface area contributed by atoms with Gasteiger partial charge in [-0.1, -0.05) is 0 Å². The SMILES string of the molecule is OCC1CN(Cc2cc3sccc3s2)C1. The molecule has 0 bridgehead atoms. The van der Waals surface area contributed by atoms with E-state index in [1.807, 2.05) is 22.7 Å². The normalized spacial score (nSPS) is 18.5. The molecule has 1 aliphatic heterocycles. The van der Waals surface area contributed by atoms with Crippen molar-refractivity contribution < 1.29 is 5.11 Å². The van der Waals surface area contributed by atoms with Gasteiger partial charge in [0.15, 0.2) is 0 Å². The van der Waals surface area contributed by atoms with Crippen molar-refractivity contribution in [3.8, 4) is 0 Å². The Balaban J connectivity index is 1.66. The fraction of sp³-hybridized carbons (Fsp3) is 0.455. The van der Waals surface area contributed by atoms with Crippen molar-refractivity contribution in [2.45, 2.75) is 6.54 Å². The number of nitrogens with zero attached hydrogens (tertiary/aromatic N) is 1. The molecule has 0 atom stereocenters. The van der Waals surface area contributed by atoms with Crippen molar-refractivity contribution >= 4 is 32.1 Å². The van der Waals surface area contributed by atoms with E-state index in [4.69, 9.17) is 5.11 Å². The molecule has 0 unspecified atom stereocenters. The highest BCUT2D eigenvalue weighted by molar-refractivity contribution is 7.26. The largest absolute Gasteiger partial charge is 0.396 e. The average molecular weight is 239 g/mol. The molecular formula is C11H13NOS2. The van der Waals surface area contributed by atoms with E-state index in [0.29, 0.717) is 12.5 Å². The summed E-state index contributed by atoms with van der Waals surface area (Å²) in [7, 11) is 0. The molecule has 3 heterocycles. The van der Waals surface area contributed by atoms with Crippen LogP contribution < -0.4 is 0 Å². The monoisotopic (exact) mass is 239 g/mol.